The van der Waals surface area contributed by atoms with Crippen LogP contribution in [0.1, 0.15) is 17.2 Å². The number of hydrogen-bond donors (Lipinski definition) is 2. The van der Waals surface area contributed by atoms with Crippen LogP contribution in [0, 0.1) is 0 Å². The maximum Gasteiger partial charge on any atom is 0.118 e. The van der Waals surface area contributed by atoms with Crippen LogP contribution in [-0.2, 0) is 0 Å². The fourth-order valence-corrected chi connectivity index (χ4v) is 2.08. The molecule has 0 spiro atoms. The van der Waals surface area contributed by atoms with Gasteiger partial charge in [-0.05, 0) is 23.3 Å². The number of aliphatic hydroxyl groups is 1. The molecule has 0 aliphatic heterocycles. The molecule has 3 nitrogen and oxygen atoms in total. The molecule has 19 heavy (non-hydrogen) atoms. The maximum absolute atomic E-state index is 9.01. The minimum Gasteiger partial charge on any atom is -0.497 e. The fraction of sp³-hybridized carbons (Fsp3) is 0.250. The Labute approximate surface area is 113 Å². The van der Waals surface area contributed by atoms with Crippen molar-refractivity contribution in [2.75, 3.05) is 20.3 Å². The van der Waals surface area contributed by atoms with Gasteiger partial charge in [0.05, 0.1) is 19.8 Å². The van der Waals surface area contributed by atoms with Gasteiger partial charge in [0, 0.05) is 6.54 Å². The molecule has 0 saturated heterocycles. The molecule has 2 aromatic rings. The summed E-state index contributed by atoms with van der Waals surface area (Å²) >= 11 is 0. The zero-order chi connectivity index (χ0) is 13.5. The Kier molecular flexibility index (Phi) is 4.95. The molecule has 2 N–H and O–H groups in total. The topological polar surface area (TPSA) is 41.5 Å². The summed E-state index contributed by atoms with van der Waals surface area (Å²) in [4.78, 5) is 0. The van der Waals surface area contributed by atoms with Crippen molar-refractivity contribution in [2.24, 2.45) is 0 Å². The molecule has 2 rings (SSSR count). The van der Waals surface area contributed by atoms with E-state index in [0.717, 1.165) is 11.3 Å². The highest BCUT2D eigenvalue weighted by Crippen LogP contribution is 2.23. The van der Waals surface area contributed by atoms with Crippen LogP contribution in [0.5, 0.6) is 5.75 Å². The maximum atomic E-state index is 9.01. The molecule has 0 aliphatic rings. The number of aliphatic hydroxyl groups excluding tert-OH is 1. The highest BCUT2D eigenvalue weighted by atomic mass is 16.5. The van der Waals surface area contributed by atoms with E-state index in [4.69, 9.17) is 9.84 Å². The molecule has 0 aromatic heterocycles. The Morgan fingerprint density at radius 1 is 1.00 bits per heavy atom. The lowest BCUT2D eigenvalue weighted by Gasteiger charge is -2.19. The van der Waals surface area contributed by atoms with Gasteiger partial charge < -0.3 is 15.2 Å². The van der Waals surface area contributed by atoms with Crippen molar-refractivity contribution >= 4 is 0 Å². The van der Waals surface area contributed by atoms with E-state index in [-0.39, 0.29) is 12.6 Å². The van der Waals surface area contributed by atoms with Crippen LogP contribution in [0.15, 0.2) is 54.6 Å². The highest BCUT2D eigenvalue weighted by Gasteiger charge is 2.12. The minimum absolute atomic E-state index is 0.0826. The summed E-state index contributed by atoms with van der Waals surface area (Å²) in [5.41, 5.74) is 2.33. The zero-order valence-electron chi connectivity index (χ0n) is 11.0. The first-order valence-corrected chi connectivity index (χ1v) is 6.38. The minimum atomic E-state index is 0.0826. The smallest absolute Gasteiger partial charge is 0.118 e. The highest BCUT2D eigenvalue weighted by molar-refractivity contribution is 5.35. The molecule has 0 heterocycles. The number of nitrogens with one attached hydrogen (secondary N) is 1. The number of rotatable bonds is 6. The summed E-state index contributed by atoms with van der Waals surface area (Å²) in [6.45, 7) is 0.686. The van der Waals surface area contributed by atoms with Crippen molar-refractivity contribution in [3.63, 3.8) is 0 Å². The second-order valence-electron chi connectivity index (χ2n) is 4.29. The predicted molar refractivity (Wildman–Crippen MR) is 76.4 cm³/mol. The van der Waals surface area contributed by atoms with Crippen molar-refractivity contribution in [1.29, 1.82) is 0 Å². The van der Waals surface area contributed by atoms with E-state index < -0.39 is 0 Å². The van der Waals surface area contributed by atoms with Gasteiger partial charge >= 0.3 is 0 Å². The van der Waals surface area contributed by atoms with Gasteiger partial charge in [-0.25, -0.2) is 0 Å². The number of methoxy groups -OCH3 is 1. The lowest BCUT2D eigenvalue weighted by atomic mass is 9.98. The van der Waals surface area contributed by atoms with Crippen molar-refractivity contribution in [2.45, 2.75) is 6.04 Å². The molecular weight excluding hydrogens is 238 g/mol. The van der Waals surface area contributed by atoms with Crippen molar-refractivity contribution in [1.82, 2.24) is 5.32 Å². The van der Waals surface area contributed by atoms with E-state index in [9.17, 15) is 0 Å². The van der Waals surface area contributed by atoms with Gasteiger partial charge in [0.15, 0.2) is 0 Å². The van der Waals surface area contributed by atoms with E-state index in [1.807, 2.05) is 42.5 Å². The SMILES string of the molecule is COc1ccc(C(NCCO)c2ccccc2)cc1. The first-order chi connectivity index (χ1) is 9.35. The van der Waals surface area contributed by atoms with Gasteiger partial charge in [0.2, 0.25) is 0 Å². The van der Waals surface area contributed by atoms with Crippen LogP contribution in [-0.4, -0.2) is 25.4 Å². The van der Waals surface area contributed by atoms with Crippen molar-refractivity contribution in [3.05, 3.63) is 65.7 Å². The average Bonchev–Trinajstić information content (AvgIpc) is 2.49. The molecule has 1 unspecified atom stereocenters. The lowest BCUT2D eigenvalue weighted by molar-refractivity contribution is 0.288. The summed E-state index contributed by atoms with van der Waals surface area (Å²) in [5, 5.41) is 12.4. The second kappa shape index (κ2) is 6.92. The van der Waals surface area contributed by atoms with Gasteiger partial charge in [0.1, 0.15) is 5.75 Å². The molecular formula is C16H19NO2. The standard InChI is InChI=1S/C16H19NO2/c1-19-15-9-7-14(8-10-15)16(17-11-12-18)13-5-3-2-4-6-13/h2-10,16-18H,11-12H2,1H3. The predicted octanol–water partition coefficient (Wildman–Crippen LogP) is 2.37. The summed E-state index contributed by atoms with van der Waals surface area (Å²) < 4.78 is 5.18. The number of hydrogen-bond acceptors (Lipinski definition) is 3. The number of ether oxygens (including phenoxy) is 1. The summed E-state index contributed by atoms with van der Waals surface area (Å²) in [6.07, 6.45) is 0. The molecule has 0 bridgehead atoms. The van der Waals surface area contributed by atoms with Crippen LogP contribution in [0.3, 0.4) is 0 Å². The van der Waals surface area contributed by atoms with Gasteiger partial charge in [-0.2, -0.15) is 0 Å². The van der Waals surface area contributed by atoms with E-state index >= 15 is 0 Å². The third-order valence-electron chi connectivity index (χ3n) is 3.04. The Balaban J connectivity index is 2.26. The first-order valence-electron chi connectivity index (χ1n) is 6.38. The quantitative estimate of drug-likeness (QED) is 0.834. The van der Waals surface area contributed by atoms with Gasteiger partial charge in [0.25, 0.3) is 0 Å². The molecule has 100 valence electrons. The van der Waals surface area contributed by atoms with Gasteiger partial charge in [-0.3, -0.25) is 0 Å². The zero-order valence-corrected chi connectivity index (χ0v) is 11.0. The molecule has 2 aromatic carbocycles. The largest absolute Gasteiger partial charge is 0.497 e. The van der Waals surface area contributed by atoms with E-state index in [1.165, 1.54) is 5.56 Å². The van der Waals surface area contributed by atoms with Gasteiger partial charge in [-0.15, -0.1) is 0 Å². The molecule has 3 heteroatoms. The van der Waals surface area contributed by atoms with E-state index in [0.29, 0.717) is 6.54 Å². The van der Waals surface area contributed by atoms with Gasteiger partial charge in [-0.1, -0.05) is 42.5 Å². The van der Waals surface area contributed by atoms with Crippen LogP contribution in [0.2, 0.25) is 0 Å². The molecule has 0 aliphatic carbocycles. The van der Waals surface area contributed by atoms with Crippen LogP contribution < -0.4 is 10.1 Å². The molecule has 1 atom stereocenters. The Bertz CT molecular complexity index is 482. The van der Waals surface area contributed by atoms with Crippen molar-refractivity contribution < 1.29 is 9.84 Å². The summed E-state index contributed by atoms with van der Waals surface area (Å²) in [5.74, 6) is 0.845. The normalized spacial score (nSPS) is 12.1. The summed E-state index contributed by atoms with van der Waals surface area (Å²) in [7, 11) is 1.66. The Hall–Kier alpha value is -1.84. The van der Waals surface area contributed by atoms with Crippen LogP contribution >= 0.6 is 0 Å². The van der Waals surface area contributed by atoms with E-state index in [1.54, 1.807) is 7.11 Å². The molecule has 0 fully saturated rings. The molecule has 0 saturated carbocycles. The fourth-order valence-electron chi connectivity index (χ4n) is 2.08. The average molecular weight is 257 g/mol. The monoisotopic (exact) mass is 257 g/mol. The third-order valence-corrected chi connectivity index (χ3v) is 3.04. The van der Waals surface area contributed by atoms with Crippen molar-refractivity contribution in [3.8, 4) is 5.75 Å². The third kappa shape index (κ3) is 3.56. The van der Waals surface area contributed by atoms with E-state index in [2.05, 4.69) is 17.4 Å². The van der Waals surface area contributed by atoms with Crippen LogP contribution in [0.25, 0.3) is 0 Å². The second-order valence-corrected chi connectivity index (χ2v) is 4.29. The lowest BCUT2D eigenvalue weighted by Crippen LogP contribution is -2.25. The molecule has 0 amide bonds. The summed E-state index contributed by atoms with van der Waals surface area (Å²) in [6, 6.07) is 18.3. The first kappa shape index (κ1) is 13.6. The Morgan fingerprint density at radius 3 is 2.21 bits per heavy atom. The Morgan fingerprint density at radius 2 is 1.63 bits per heavy atom. The van der Waals surface area contributed by atoms with Crippen LogP contribution in [0.4, 0.5) is 0 Å². The number of benzene rings is 2. The molecule has 0 radical (unpaired) electrons.